The molecule has 3 N–H and O–H groups in total. The smallest absolute Gasteiger partial charge is 0.237 e. The zero-order chi connectivity index (χ0) is 12.0. The Labute approximate surface area is 99.2 Å². The van der Waals surface area contributed by atoms with Crippen LogP contribution in [0.15, 0.2) is 0 Å². The van der Waals surface area contributed by atoms with Crippen LogP contribution in [0.5, 0.6) is 0 Å². The predicted octanol–water partition coefficient (Wildman–Crippen LogP) is 2.20. The second kappa shape index (κ2) is 6.89. The van der Waals surface area contributed by atoms with E-state index in [-0.39, 0.29) is 11.9 Å². The van der Waals surface area contributed by atoms with Crippen molar-refractivity contribution < 1.29 is 4.79 Å². The SMILES string of the molecule is CCC[C@@H](N)C(=O)NC1CCCC(C)CC1. The number of nitrogens with one attached hydrogen (secondary N) is 1. The number of carbonyl (C=O) groups is 1. The molecular weight excluding hydrogens is 200 g/mol. The maximum Gasteiger partial charge on any atom is 0.237 e. The predicted molar refractivity (Wildman–Crippen MR) is 67.1 cm³/mol. The number of nitrogens with two attached hydrogens (primary N) is 1. The normalized spacial score (nSPS) is 28.2. The van der Waals surface area contributed by atoms with Crippen LogP contribution in [0.3, 0.4) is 0 Å². The molecule has 0 radical (unpaired) electrons. The van der Waals surface area contributed by atoms with E-state index in [0.717, 1.165) is 31.6 Å². The average Bonchev–Trinajstić information content (AvgIpc) is 2.44. The fraction of sp³-hybridized carbons (Fsp3) is 0.923. The fourth-order valence-corrected chi connectivity index (χ4v) is 2.38. The summed E-state index contributed by atoms with van der Waals surface area (Å²) in [6.45, 7) is 4.35. The minimum absolute atomic E-state index is 0.0430. The summed E-state index contributed by atoms with van der Waals surface area (Å²) in [4.78, 5) is 11.8. The Hall–Kier alpha value is -0.570. The molecule has 0 aromatic heterocycles. The van der Waals surface area contributed by atoms with Gasteiger partial charge in [0, 0.05) is 6.04 Å². The lowest BCUT2D eigenvalue weighted by Crippen LogP contribution is -2.45. The summed E-state index contributed by atoms with van der Waals surface area (Å²) in [6, 6.07) is 0.0473. The summed E-state index contributed by atoms with van der Waals surface area (Å²) in [6.07, 6.45) is 7.75. The van der Waals surface area contributed by atoms with Crippen molar-refractivity contribution >= 4 is 5.91 Å². The van der Waals surface area contributed by atoms with Crippen molar-refractivity contribution in [2.75, 3.05) is 0 Å². The van der Waals surface area contributed by atoms with E-state index in [1.165, 1.54) is 19.3 Å². The second-order valence-corrected chi connectivity index (χ2v) is 5.21. The van der Waals surface area contributed by atoms with Gasteiger partial charge >= 0.3 is 0 Å². The van der Waals surface area contributed by atoms with Crippen molar-refractivity contribution in [2.45, 2.75) is 70.9 Å². The number of carbonyl (C=O) groups excluding carboxylic acids is 1. The standard InChI is InChI=1S/C13H26N2O/c1-3-5-12(14)13(16)15-11-7-4-6-10(2)8-9-11/h10-12H,3-9,14H2,1-2H3,(H,15,16)/t10?,11?,12-/m1/s1. The lowest BCUT2D eigenvalue weighted by molar-refractivity contribution is -0.123. The van der Waals surface area contributed by atoms with Gasteiger partial charge in [0.05, 0.1) is 6.04 Å². The summed E-state index contributed by atoms with van der Waals surface area (Å²) in [5.74, 6) is 0.854. The number of rotatable bonds is 4. The molecule has 3 atom stereocenters. The molecule has 0 aliphatic heterocycles. The van der Waals surface area contributed by atoms with E-state index in [4.69, 9.17) is 5.73 Å². The van der Waals surface area contributed by atoms with Crippen LogP contribution in [0.25, 0.3) is 0 Å². The quantitative estimate of drug-likeness (QED) is 0.722. The lowest BCUT2D eigenvalue weighted by atomic mass is 10.0. The first kappa shape index (κ1) is 13.5. The summed E-state index contributed by atoms with van der Waals surface area (Å²) < 4.78 is 0. The van der Waals surface area contributed by atoms with Gasteiger partial charge in [0.2, 0.25) is 5.91 Å². The highest BCUT2D eigenvalue weighted by molar-refractivity contribution is 5.81. The van der Waals surface area contributed by atoms with E-state index in [9.17, 15) is 4.79 Å². The van der Waals surface area contributed by atoms with Crippen LogP contribution in [-0.2, 0) is 4.79 Å². The molecule has 1 saturated carbocycles. The molecule has 0 aromatic carbocycles. The van der Waals surface area contributed by atoms with Crippen LogP contribution in [0.1, 0.15) is 58.8 Å². The van der Waals surface area contributed by atoms with Gasteiger partial charge < -0.3 is 11.1 Å². The van der Waals surface area contributed by atoms with E-state index in [1.807, 2.05) is 0 Å². The Bertz CT molecular complexity index is 218. The molecule has 1 aliphatic rings. The second-order valence-electron chi connectivity index (χ2n) is 5.21. The van der Waals surface area contributed by atoms with Crippen molar-refractivity contribution in [1.82, 2.24) is 5.32 Å². The summed E-state index contributed by atoms with van der Waals surface area (Å²) in [7, 11) is 0. The Balaban J connectivity index is 2.32. The van der Waals surface area contributed by atoms with Crippen LogP contribution in [0, 0.1) is 5.92 Å². The highest BCUT2D eigenvalue weighted by Crippen LogP contribution is 2.22. The third kappa shape index (κ3) is 4.52. The summed E-state index contributed by atoms with van der Waals surface area (Å²) in [5.41, 5.74) is 5.80. The maximum absolute atomic E-state index is 11.8. The maximum atomic E-state index is 11.8. The molecule has 0 bridgehead atoms. The minimum Gasteiger partial charge on any atom is -0.352 e. The first-order valence-corrected chi connectivity index (χ1v) is 6.69. The van der Waals surface area contributed by atoms with Gasteiger partial charge in [0.15, 0.2) is 0 Å². The molecule has 3 heteroatoms. The highest BCUT2D eigenvalue weighted by atomic mass is 16.2. The van der Waals surface area contributed by atoms with E-state index >= 15 is 0 Å². The Morgan fingerprint density at radius 1 is 1.38 bits per heavy atom. The molecule has 1 rings (SSSR count). The van der Waals surface area contributed by atoms with Gasteiger partial charge in [-0.3, -0.25) is 4.79 Å². The third-order valence-corrected chi connectivity index (χ3v) is 3.54. The van der Waals surface area contributed by atoms with Crippen LogP contribution in [-0.4, -0.2) is 18.0 Å². The van der Waals surface area contributed by atoms with Crippen molar-refractivity contribution in [3.8, 4) is 0 Å². The Morgan fingerprint density at radius 2 is 2.12 bits per heavy atom. The number of hydrogen-bond acceptors (Lipinski definition) is 2. The van der Waals surface area contributed by atoms with E-state index in [2.05, 4.69) is 19.2 Å². The van der Waals surface area contributed by atoms with Crippen molar-refractivity contribution in [3.05, 3.63) is 0 Å². The molecule has 16 heavy (non-hydrogen) atoms. The fourth-order valence-electron chi connectivity index (χ4n) is 2.38. The van der Waals surface area contributed by atoms with Gasteiger partial charge in [-0.05, 0) is 31.6 Å². The van der Waals surface area contributed by atoms with Crippen molar-refractivity contribution in [1.29, 1.82) is 0 Å². The van der Waals surface area contributed by atoms with E-state index < -0.39 is 0 Å². The Morgan fingerprint density at radius 3 is 2.81 bits per heavy atom. The zero-order valence-corrected chi connectivity index (χ0v) is 10.7. The van der Waals surface area contributed by atoms with Crippen LogP contribution < -0.4 is 11.1 Å². The van der Waals surface area contributed by atoms with Gasteiger partial charge in [-0.15, -0.1) is 0 Å². The molecule has 1 aliphatic carbocycles. The van der Waals surface area contributed by atoms with E-state index in [0.29, 0.717) is 6.04 Å². The molecule has 0 aromatic rings. The molecule has 94 valence electrons. The van der Waals surface area contributed by atoms with Crippen molar-refractivity contribution in [2.24, 2.45) is 11.7 Å². The average molecular weight is 226 g/mol. The molecule has 1 fully saturated rings. The third-order valence-electron chi connectivity index (χ3n) is 3.54. The van der Waals surface area contributed by atoms with Crippen LogP contribution in [0.2, 0.25) is 0 Å². The van der Waals surface area contributed by atoms with Gasteiger partial charge in [0.1, 0.15) is 0 Å². The lowest BCUT2D eigenvalue weighted by Gasteiger charge is -2.19. The topological polar surface area (TPSA) is 55.1 Å². The molecular formula is C13H26N2O. The highest BCUT2D eigenvalue weighted by Gasteiger charge is 2.20. The molecule has 1 amide bonds. The molecule has 0 spiro atoms. The number of hydrogen-bond donors (Lipinski definition) is 2. The monoisotopic (exact) mass is 226 g/mol. The van der Waals surface area contributed by atoms with E-state index in [1.54, 1.807) is 0 Å². The molecule has 2 unspecified atom stereocenters. The zero-order valence-electron chi connectivity index (χ0n) is 10.7. The minimum atomic E-state index is -0.314. The van der Waals surface area contributed by atoms with Gasteiger partial charge in [-0.1, -0.05) is 33.1 Å². The first-order valence-electron chi connectivity index (χ1n) is 6.69. The van der Waals surface area contributed by atoms with Crippen LogP contribution >= 0.6 is 0 Å². The first-order chi connectivity index (χ1) is 7.63. The summed E-state index contributed by atoms with van der Waals surface area (Å²) >= 11 is 0. The van der Waals surface area contributed by atoms with Gasteiger partial charge in [-0.25, -0.2) is 0 Å². The van der Waals surface area contributed by atoms with Crippen molar-refractivity contribution in [3.63, 3.8) is 0 Å². The number of amides is 1. The molecule has 0 saturated heterocycles. The largest absolute Gasteiger partial charge is 0.352 e. The Kier molecular flexibility index (Phi) is 5.81. The summed E-state index contributed by atoms with van der Waals surface area (Å²) in [5, 5.41) is 3.10. The van der Waals surface area contributed by atoms with Crippen LogP contribution in [0.4, 0.5) is 0 Å². The van der Waals surface area contributed by atoms with Gasteiger partial charge in [0.25, 0.3) is 0 Å². The molecule has 0 heterocycles. The molecule has 3 nitrogen and oxygen atoms in total. The van der Waals surface area contributed by atoms with Gasteiger partial charge in [-0.2, -0.15) is 0 Å².